The molecule has 0 bridgehead atoms. The number of hydrogen-bond donors (Lipinski definition) is 5. The van der Waals surface area contributed by atoms with E-state index in [1.54, 1.807) is 0 Å². The first-order valence-corrected chi connectivity index (χ1v) is 20.2. The number of aliphatic hydroxyl groups excluding tert-OH is 3. The van der Waals surface area contributed by atoms with Crippen LogP contribution in [-0.4, -0.2) is 82.7 Å². The van der Waals surface area contributed by atoms with E-state index in [-0.39, 0.29) is 55.8 Å². The van der Waals surface area contributed by atoms with Gasteiger partial charge >= 0.3 is 5.97 Å². The van der Waals surface area contributed by atoms with Gasteiger partial charge in [-0.3, -0.25) is 9.59 Å². The topological polar surface area (TPSA) is 172 Å². The van der Waals surface area contributed by atoms with Crippen molar-refractivity contribution in [3.63, 3.8) is 0 Å². The molecule has 4 saturated carbocycles. The summed E-state index contributed by atoms with van der Waals surface area (Å²) in [7, 11) is 0. The first kappa shape index (κ1) is 38.0. The molecule has 6 rings (SSSR count). The molecule has 4 aliphatic carbocycles. The highest BCUT2D eigenvalue weighted by Crippen LogP contribution is 2.62. The summed E-state index contributed by atoms with van der Waals surface area (Å²) in [5, 5.41) is 35.3. The van der Waals surface area contributed by atoms with Gasteiger partial charge in [-0.1, -0.05) is 50.5 Å². The number of fused-ring (bicyclic) bond motifs is 2. The Morgan fingerprint density at radius 1 is 0.920 bits per heavy atom. The van der Waals surface area contributed by atoms with Crippen molar-refractivity contribution in [2.75, 3.05) is 26.4 Å². The number of hydrogen-bond acceptors (Lipinski definition) is 10. The normalized spacial score (nSPS) is 38.0. The largest absolute Gasteiger partial charge is 0.460 e. The van der Waals surface area contributed by atoms with E-state index in [9.17, 15) is 29.7 Å². The van der Waals surface area contributed by atoms with Gasteiger partial charge in [-0.05, 0) is 119 Å². The van der Waals surface area contributed by atoms with Crippen LogP contribution in [0.2, 0.25) is 0 Å². The zero-order chi connectivity index (χ0) is 35.5. The molecule has 6 aliphatic rings. The maximum Gasteiger partial charge on any atom is 0.350 e. The lowest BCUT2D eigenvalue weighted by atomic mass is 9.60. The Morgan fingerprint density at radius 2 is 1.60 bits per heavy atom. The van der Waals surface area contributed by atoms with Gasteiger partial charge in [0.15, 0.2) is 17.2 Å². The maximum absolute atomic E-state index is 14.3. The van der Waals surface area contributed by atoms with Gasteiger partial charge < -0.3 is 35.8 Å². The van der Waals surface area contributed by atoms with Crippen LogP contribution in [-0.2, 0) is 23.9 Å². The summed E-state index contributed by atoms with van der Waals surface area (Å²) in [4.78, 5) is 42.9. The predicted octanol–water partition coefficient (Wildman–Crippen LogP) is 4.51. The number of ketones is 2. The molecular formula is C40H64N2O8. The summed E-state index contributed by atoms with van der Waals surface area (Å²) in [6.45, 7) is 2.50. The number of epoxide rings is 1. The minimum atomic E-state index is -2.02. The first-order chi connectivity index (χ1) is 24.1. The van der Waals surface area contributed by atoms with E-state index >= 15 is 0 Å². The van der Waals surface area contributed by atoms with Crippen molar-refractivity contribution in [1.82, 2.24) is 5.32 Å². The van der Waals surface area contributed by atoms with Crippen LogP contribution >= 0.6 is 0 Å². The van der Waals surface area contributed by atoms with E-state index < -0.39 is 35.1 Å². The molecule has 2 aliphatic heterocycles. The molecular weight excluding hydrogens is 636 g/mol. The molecule has 10 nitrogen and oxygen atoms in total. The zero-order valence-electron chi connectivity index (χ0n) is 30.4. The molecule has 2 heterocycles. The third kappa shape index (κ3) is 7.67. The van der Waals surface area contributed by atoms with Crippen molar-refractivity contribution in [2.45, 2.75) is 152 Å². The molecule has 0 amide bonds. The number of carbonyl (C=O) groups is 3. The highest BCUT2D eigenvalue weighted by molar-refractivity contribution is 6.23. The van der Waals surface area contributed by atoms with E-state index in [0.29, 0.717) is 36.2 Å². The molecule has 0 aromatic carbocycles. The van der Waals surface area contributed by atoms with Crippen LogP contribution in [0, 0.1) is 41.4 Å². The number of aliphatic hydroxyl groups is 3. The van der Waals surface area contributed by atoms with Gasteiger partial charge in [0.25, 0.3) is 5.60 Å². The summed E-state index contributed by atoms with van der Waals surface area (Å²) < 4.78 is 12.1. The molecule has 282 valence electrons. The fourth-order valence-corrected chi connectivity index (χ4v) is 10.8. The van der Waals surface area contributed by atoms with Gasteiger partial charge in [-0.25, -0.2) is 4.79 Å². The van der Waals surface area contributed by atoms with Gasteiger partial charge in [0, 0.05) is 24.9 Å². The van der Waals surface area contributed by atoms with E-state index in [4.69, 9.17) is 15.2 Å². The smallest absolute Gasteiger partial charge is 0.350 e. The number of carbonyl (C=O) groups excluding carboxylic acids is 3. The van der Waals surface area contributed by atoms with Gasteiger partial charge in [0.05, 0.1) is 18.9 Å². The minimum Gasteiger partial charge on any atom is -0.460 e. The number of nitrogens with one attached hydrogen (secondary N) is 1. The second kappa shape index (κ2) is 16.5. The summed E-state index contributed by atoms with van der Waals surface area (Å²) in [6.07, 6.45) is 16.0. The van der Waals surface area contributed by atoms with E-state index in [0.717, 1.165) is 95.6 Å². The molecule has 0 aromatic heterocycles. The standard InChI is InChI=1S/C40H64N2O8/c1-25(11-12-27-17-18-42-35(41)20-27)30(23-44)21-39-36(46)31-9-5-6-10-32(31)37(47)40(39,50-39)38(48)49-24-34(45)33(19-26-7-3-2-4-8-26)29-15-13-28(22-43)14-16-29/h26-29,31-35,42-45H,2-24,41H2,1H3. The average Bonchev–Trinajstić information content (AvgIpc) is 3.85. The molecule has 50 heavy (non-hydrogen) atoms. The molecule has 0 spiro atoms. The quantitative estimate of drug-likeness (QED) is 0.0752. The minimum absolute atomic E-state index is 0.00901. The fourth-order valence-electron chi connectivity index (χ4n) is 10.8. The second-order valence-electron chi connectivity index (χ2n) is 17.1. The number of ether oxygens (including phenoxy) is 2. The van der Waals surface area contributed by atoms with E-state index in [2.05, 4.69) is 5.32 Å². The van der Waals surface area contributed by atoms with Crippen LogP contribution in [0.15, 0.2) is 11.1 Å². The fraction of sp³-hybridized carbons (Fsp3) is 0.875. The first-order valence-electron chi connectivity index (χ1n) is 20.2. The second-order valence-corrected chi connectivity index (χ2v) is 17.1. The lowest BCUT2D eigenvalue weighted by Crippen LogP contribution is -2.58. The Kier molecular flexibility index (Phi) is 12.6. The van der Waals surface area contributed by atoms with Crippen LogP contribution in [0.5, 0.6) is 0 Å². The maximum atomic E-state index is 14.3. The van der Waals surface area contributed by atoms with Crippen molar-refractivity contribution >= 4 is 17.5 Å². The number of Topliss-reactive ketones (excluding diaryl/α,β-unsaturated/α-hetero) is 2. The van der Waals surface area contributed by atoms with Crippen LogP contribution in [0.25, 0.3) is 0 Å². The molecule has 6 N–H and O–H groups in total. The van der Waals surface area contributed by atoms with Crippen molar-refractivity contribution in [2.24, 2.45) is 47.2 Å². The monoisotopic (exact) mass is 700 g/mol. The van der Waals surface area contributed by atoms with Gasteiger partial charge in [-0.2, -0.15) is 0 Å². The third-order valence-corrected chi connectivity index (χ3v) is 14.0. The highest BCUT2D eigenvalue weighted by atomic mass is 16.7. The Hall–Kier alpha value is -1.69. The number of piperidine rings is 1. The molecule has 2 saturated heterocycles. The Bertz CT molecular complexity index is 1240. The molecule has 8 unspecified atom stereocenters. The van der Waals surface area contributed by atoms with Crippen molar-refractivity contribution < 1.29 is 39.2 Å². The van der Waals surface area contributed by atoms with Gasteiger partial charge in [-0.15, -0.1) is 0 Å². The number of esters is 1. The van der Waals surface area contributed by atoms with Crippen LogP contribution in [0.3, 0.4) is 0 Å². The van der Waals surface area contributed by atoms with Crippen LogP contribution in [0.4, 0.5) is 0 Å². The predicted molar refractivity (Wildman–Crippen MR) is 189 cm³/mol. The van der Waals surface area contributed by atoms with Gasteiger partial charge in [0.1, 0.15) is 6.61 Å². The molecule has 10 heteroatoms. The highest BCUT2D eigenvalue weighted by Gasteiger charge is 2.87. The lowest BCUT2D eigenvalue weighted by molar-refractivity contribution is -0.162. The number of nitrogens with two attached hydrogens (primary N) is 1. The number of rotatable bonds is 14. The zero-order valence-corrected chi connectivity index (χ0v) is 30.4. The lowest BCUT2D eigenvalue weighted by Gasteiger charge is -2.39. The molecule has 0 aromatic rings. The van der Waals surface area contributed by atoms with Crippen molar-refractivity contribution in [3.05, 3.63) is 11.1 Å². The van der Waals surface area contributed by atoms with Crippen LogP contribution < -0.4 is 11.1 Å². The Balaban J connectivity index is 1.19. The summed E-state index contributed by atoms with van der Waals surface area (Å²) in [5.41, 5.74) is 4.01. The Morgan fingerprint density at radius 3 is 2.26 bits per heavy atom. The summed E-state index contributed by atoms with van der Waals surface area (Å²) in [5.74, 6) is -0.954. The average molecular weight is 701 g/mol. The third-order valence-electron chi connectivity index (χ3n) is 14.0. The van der Waals surface area contributed by atoms with Gasteiger partial charge in [0.2, 0.25) is 0 Å². The summed E-state index contributed by atoms with van der Waals surface area (Å²) in [6, 6.07) is 0. The molecule has 0 radical (unpaired) electrons. The SMILES string of the molecule is CC(CCC1CCNC(N)C1)=C(CO)CC12OC1(C(=O)OCC(O)C(CC1CCCCC1)C1CCC(CO)CC1)C(=O)C1CCCCC1C2=O. The van der Waals surface area contributed by atoms with Crippen molar-refractivity contribution in [1.29, 1.82) is 0 Å². The molecule has 6 fully saturated rings. The van der Waals surface area contributed by atoms with Crippen molar-refractivity contribution in [3.8, 4) is 0 Å². The van der Waals surface area contributed by atoms with E-state index in [1.807, 2.05) is 6.92 Å². The summed E-state index contributed by atoms with van der Waals surface area (Å²) >= 11 is 0. The number of allylic oxidation sites excluding steroid dienone is 1. The Labute approximate surface area is 298 Å². The molecule has 8 atom stereocenters. The van der Waals surface area contributed by atoms with Crippen LogP contribution in [0.1, 0.15) is 129 Å². The van der Waals surface area contributed by atoms with E-state index in [1.165, 1.54) is 19.3 Å².